The average Bonchev–Trinajstić information content (AvgIpc) is 3.13. The number of ether oxygens (including phenoxy) is 2. The molecule has 0 radical (unpaired) electrons. The second-order valence-electron chi connectivity index (χ2n) is 7.07. The van der Waals surface area contributed by atoms with Crippen LogP contribution < -0.4 is 20.1 Å². The maximum Gasteiger partial charge on any atom is 0.249 e. The Hall–Kier alpha value is -2.93. The van der Waals surface area contributed by atoms with Gasteiger partial charge in [0.15, 0.2) is 0 Å². The second kappa shape index (κ2) is 10.2. The van der Waals surface area contributed by atoms with Crippen molar-refractivity contribution < 1.29 is 19.1 Å². The van der Waals surface area contributed by atoms with E-state index in [2.05, 4.69) is 0 Å². The smallest absolute Gasteiger partial charge is 0.249 e. The van der Waals surface area contributed by atoms with Crippen molar-refractivity contribution in [1.82, 2.24) is 4.90 Å². The number of likely N-dealkylation sites (N-methyl/N-ethyl adjacent to an activating group) is 1. The van der Waals surface area contributed by atoms with Gasteiger partial charge in [-0.2, -0.15) is 0 Å². The molecule has 8 heteroatoms. The number of carbonyl (C=O) groups is 2. The lowest BCUT2D eigenvalue weighted by molar-refractivity contribution is -0.136. The summed E-state index contributed by atoms with van der Waals surface area (Å²) < 4.78 is 10.6. The highest BCUT2D eigenvalue weighted by molar-refractivity contribution is 6.01. The molecule has 1 aliphatic rings. The quantitative estimate of drug-likeness (QED) is 0.678. The van der Waals surface area contributed by atoms with Crippen molar-refractivity contribution in [2.45, 2.75) is 25.3 Å². The summed E-state index contributed by atoms with van der Waals surface area (Å²) in [6, 6.07) is 12.4. The lowest BCUT2D eigenvalue weighted by Gasteiger charge is -2.24. The van der Waals surface area contributed by atoms with Gasteiger partial charge >= 0.3 is 0 Å². The molecule has 0 saturated carbocycles. The third kappa shape index (κ3) is 4.97. The SMILES string of the molecule is COc1cc(OC)cc(N2CCC(N(C)C(=O)CCc3ccccc3N)C2=O)c1.Cl. The number of rotatable bonds is 7. The van der Waals surface area contributed by atoms with Crippen LogP contribution in [-0.2, 0) is 16.0 Å². The Labute approximate surface area is 183 Å². The van der Waals surface area contributed by atoms with Gasteiger partial charge in [-0.05, 0) is 24.5 Å². The number of amides is 2. The van der Waals surface area contributed by atoms with E-state index in [1.54, 1.807) is 49.3 Å². The monoisotopic (exact) mass is 433 g/mol. The average molecular weight is 434 g/mol. The van der Waals surface area contributed by atoms with Crippen molar-refractivity contribution in [3.63, 3.8) is 0 Å². The third-order valence-corrected chi connectivity index (χ3v) is 5.35. The van der Waals surface area contributed by atoms with Crippen molar-refractivity contribution in [2.24, 2.45) is 0 Å². The van der Waals surface area contributed by atoms with E-state index in [1.165, 1.54) is 0 Å². The Morgan fingerprint density at radius 3 is 2.40 bits per heavy atom. The summed E-state index contributed by atoms with van der Waals surface area (Å²) in [4.78, 5) is 28.9. The molecule has 1 unspecified atom stereocenters. The minimum Gasteiger partial charge on any atom is -0.497 e. The number of para-hydroxylation sites is 1. The predicted molar refractivity (Wildman–Crippen MR) is 119 cm³/mol. The van der Waals surface area contributed by atoms with Gasteiger partial charge in [0, 0.05) is 43.9 Å². The second-order valence-corrected chi connectivity index (χ2v) is 7.07. The first-order valence-electron chi connectivity index (χ1n) is 9.58. The topological polar surface area (TPSA) is 85.1 Å². The van der Waals surface area contributed by atoms with Crippen LogP contribution in [0.4, 0.5) is 11.4 Å². The molecular weight excluding hydrogens is 406 g/mol. The van der Waals surface area contributed by atoms with Gasteiger partial charge in [0.05, 0.1) is 19.9 Å². The molecule has 30 heavy (non-hydrogen) atoms. The molecule has 1 heterocycles. The van der Waals surface area contributed by atoms with Crippen LogP contribution in [0.2, 0.25) is 0 Å². The van der Waals surface area contributed by atoms with Gasteiger partial charge in [-0.1, -0.05) is 18.2 Å². The molecule has 1 atom stereocenters. The Morgan fingerprint density at radius 2 is 1.80 bits per heavy atom. The molecule has 1 fully saturated rings. The summed E-state index contributed by atoms with van der Waals surface area (Å²) in [5.41, 5.74) is 8.27. The molecule has 0 bridgehead atoms. The summed E-state index contributed by atoms with van der Waals surface area (Å²) in [6.45, 7) is 0.531. The van der Waals surface area contributed by atoms with Crippen molar-refractivity contribution >= 4 is 35.6 Å². The zero-order valence-corrected chi connectivity index (χ0v) is 18.3. The molecule has 162 valence electrons. The maximum absolute atomic E-state index is 13.0. The Morgan fingerprint density at radius 1 is 1.17 bits per heavy atom. The Bertz CT molecular complexity index is 883. The van der Waals surface area contributed by atoms with Crippen LogP contribution in [0.25, 0.3) is 0 Å². The van der Waals surface area contributed by atoms with Crippen LogP contribution in [0.3, 0.4) is 0 Å². The number of hydrogen-bond donors (Lipinski definition) is 1. The fraction of sp³-hybridized carbons (Fsp3) is 0.364. The minimum absolute atomic E-state index is 0. The summed E-state index contributed by atoms with van der Waals surface area (Å²) in [5, 5.41) is 0. The number of anilines is 2. The Kier molecular flexibility index (Phi) is 7.94. The van der Waals surface area contributed by atoms with E-state index in [9.17, 15) is 9.59 Å². The van der Waals surface area contributed by atoms with E-state index in [1.807, 2.05) is 24.3 Å². The highest BCUT2D eigenvalue weighted by atomic mass is 35.5. The summed E-state index contributed by atoms with van der Waals surface area (Å²) in [7, 11) is 4.83. The first-order chi connectivity index (χ1) is 13.9. The lowest BCUT2D eigenvalue weighted by atomic mass is 10.1. The van der Waals surface area contributed by atoms with E-state index in [0.29, 0.717) is 48.7 Å². The standard InChI is InChI=1S/C22H27N3O4.ClH/c1-24(21(26)9-8-15-6-4-5-7-19(15)23)20-10-11-25(22(20)27)16-12-17(28-2)14-18(13-16)29-3;/h4-7,12-14,20H,8-11,23H2,1-3H3;1H. The molecule has 1 saturated heterocycles. The maximum atomic E-state index is 13.0. The largest absolute Gasteiger partial charge is 0.497 e. The van der Waals surface area contributed by atoms with Crippen LogP contribution in [0, 0.1) is 0 Å². The highest BCUT2D eigenvalue weighted by Crippen LogP contribution is 2.32. The zero-order chi connectivity index (χ0) is 21.0. The van der Waals surface area contributed by atoms with Crippen molar-refractivity contribution in [3.8, 4) is 11.5 Å². The number of methoxy groups -OCH3 is 2. The molecule has 2 N–H and O–H groups in total. The van der Waals surface area contributed by atoms with Gasteiger partial charge in [-0.15, -0.1) is 12.4 Å². The van der Waals surface area contributed by atoms with Crippen LogP contribution in [0.5, 0.6) is 11.5 Å². The number of halogens is 1. The summed E-state index contributed by atoms with van der Waals surface area (Å²) >= 11 is 0. The number of benzene rings is 2. The summed E-state index contributed by atoms with van der Waals surface area (Å²) in [5.74, 6) is 1.05. The van der Waals surface area contributed by atoms with Gasteiger partial charge in [-0.3, -0.25) is 9.59 Å². The van der Waals surface area contributed by atoms with Crippen molar-refractivity contribution in [2.75, 3.05) is 38.4 Å². The minimum atomic E-state index is -0.479. The lowest BCUT2D eigenvalue weighted by Crippen LogP contribution is -2.43. The molecule has 0 aromatic heterocycles. The van der Waals surface area contributed by atoms with E-state index in [0.717, 1.165) is 5.56 Å². The molecule has 0 spiro atoms. The molecule has 0 aliphatic carbocycles. The molecule has 7 nitrogen and oxygen atoms in total. The fourth-order valence-electron chi connectivity index (χ4n) is 3.58. The third-order valence-electron chi connectivity index (χ3n) is 5.35. The van der Waals surface area contributed by atoms with Gasteiger partial charge in [0.25, 0.3) is 0 Å². The van der Waals surface area contributed by atoms with Gasteiger partial charge in [0.2, 0.25) is 11.8 Å². The molecular formula is C22H28ClN3O4. The predicted octanol–water partition coefficient (Wildman–Crippen LogP) is 2.90. The van der Waals surface area contributed by atoms with E-state index in [-0.39, 0.29) is 24.2 Å². The van der Waals surface area contributed by atoms with E-state index in [4.69, 9.17) is 15.2 Å². The first kappa shape index (κ1) is 23.3. The van der Waals surface area contributed by atoms with Crippen LogP contribution in [0.15, 0.2) is 42.5 Å². The number of nitrogens with zero attached hydrogens (tertiary/aromatic N) is 2. The first-order valence-corrected chi connectivity index (χ1v) is 9.58. The van der Waals surface area contributed by atoms with Crippen LogP contribution in [0.1, 0.15) is 18.4 Å². The normalized spacial score (nSPS) is 15.5. The molecule has 3 rings (SSSR count). The Balaban J connectivity index is 0.00000320. The van der Waals surface area contributed by atoms with Gasteiger partial charge in [0.1, 0.15) is 17.5 Å². The van der Waals surface area contributed by atoms with E-state index >= 15 is 0 Å². The zero-order valence-electron chi connectivity index (χ0n) is 17.5. The molecule has 2 aromatic rings. The van der Waals surface area contributed by atoms with Crippen LogP contribution in [-0.4, -0.2) is 50.6 Å². The number of carbonyl (C=O) groups excluding carboxylic acids is 2. The number of nitrogens with two attached hydrogens (primary N) is 1. The fourth-order valence-corrected chi connectivity index (χ4v) is 3.58. The van der Waals surface area contributed by atoms with E-state index < -0.39 is 6.04 Å². The van der Waals surface area contributed by atoms with Crippen molar-refractivity contribution in [3.05, 3.63) is 48.0 Å². The van der Waals surface area contributed by atoms with Gasteiger partial charge in [-0.25, -0.2) is 0 Å². The van der Waals surface area contributed by atoms with Crippen LogP contribution >= 0.6 is 12.4 Å². The van der Waals surface area contributed by atoms with Crippen molar-refractivity contribution in [1.29, 1.82) is 0 Å². The summed E-state index contributed by atoms with van der Waals surface area (Å²) in [6.07, 6.45) is 1.43. The molecule has 1 aliphatic heterocycles. The molecule has 2 amide bonds. The number of nitrogen functional groups attached to an aromatic ring is 1. The van der Waals surface area contributed by atoms with Gasteiger partial charge < -0.3 is 25.0 Å². The highest BCUT2D eigenvalue weighted by Gasteiger charge is 2.37. The molecule has 2 aromatic carbocycles. The number of hydrogen-bond acceptors (Lipinski definition) is 5. The number of aryl methyl sites for hydroxylation is 1.